The molecule has 18 heavy (non-hydrogen) atoms. The first kappa shape index (κ1) is 16.9. The van der Waals surface area contributed by atoms with Crippen molar-refractivity contribution in [3.8, 4) is 0 Å². The summed E-state index contributed by atoms with van der Waals surface area (Å²) in [7, 11) is 0. The summed E-state index contributed by atoms with van der Waals surface area (Å²) in [5.74, 6) is -2.62. The van der Waals surface area contributed by atoms with Crippen molar-refractivity contribution >= 4 is 11.9 Å². The number of carboxylic acids is 2. The molecule has 1 atom stereocenters. The predicted molar refractivity (Wildman–Crippen MR) is 70.5 cm³/mol. The SMILES string of the molecule is CCCCC(CCC)C(CCC)(C(=O)O)C(=O)O. The number of carboxylic acid groups (broad SMARTS) is 2. The van der Waals surface area contributed by atoms with E-state index >= 15 is 0 Å². The average molecular weight is 258 g/mol. The third-order valence-corrected chi connectivity index (χ3v) is 3.65. The van der Waals surface area contributed by atoms with Crippen LogP contribution >= 0.6 is 0 Å². The highest BCUT2D eigenvalue weighted by atomic mass is 16.4. The Labute approximate surface area is 109 Å². The van der Waals surface area contributed by atoms with E-state index in [4.69, 9.17) is 0 Å². The molecule has 0 aromatic rings. The van der Waals surface area contributed by atoms with E-state index in [1.165, 1.54) is 0 Å². The maximum Gasteiger partial charge on any atom is 0.321 e. The number of carbonyl (C=O) groups is 2. The van der Waals surface area contributed by atoms with Gasteiger partial charge in [-0.2, -0.15) is 0 Å². The number of hydrogen-bond donors (Lipinski definition) is 2. The zero-order valence-corrected chi connectivity index (χ0v) is 11.7. The van der Waals surface area contributed by atoms with Crippen LogP contribution < -0.4 is 0 Å². The van der Waals surface area contributed by atoms with Gasteiger partial charge in [0.25, 0.3) is 0 Å². The summed E-state index contributed by atoms with van der Waals surface area (Å²) in [6.07, 6.45) is 4.80. The molecule has 106 valence electrons. The third-order valence-electron chi connectivity index (χ3n) is 3.65. The summed E-state index contributed by atoms with van der Waals surface area (Å²) in [5, 5.41) is 18.9. The van der Waals surface area contributed by atoms with Gasteiger partial charge in [0.1, 0.15) is 0 Å². The summed E-state index contributed by atoms with van der Waals surface area (Å²) in [5.41, 5.74) is -1.60. The average Bonchev–Trinajstić information content (AvgIpc) is 2.31. The summed E-state index contributed by atoms with van der Waals surface area (Å²) >= 11 is 0. The summed E-state index contributed by atoms with van der Waals surface area (Å²) < 4.78 is 0. The molecule has 0 bridgehead atoms. The first-order valence-electron chi connectivity index (χ1n) is 6.94. The molecule has 0 amide bonds. The van der Waals surface area contributed by atoms with Crippen molar-refractivity contribution in [1.82, 2.24) is 0 Å². The van der Waals surface area contributed by atoms with Gasteiger partial charge in [0.15, 0.2) is 5.41 Å². The Balaban J connectivity index is 5.29. The van der Waals surface area contributed by atoms with E-state index in [1.807, 2.05) is 20.8 Å². The van der Waals surface area contributed by atoms with Crippen molar-refractivity contribution in [3.63, 3.8) is 0 Å². The Morgan fingerprint density at radius 3 is 1.83 bits per heavy atom. The molecule has 0 heterocycles. The van der Waals surface area contributed by atoms with Gasteiger partial charge < -0.3 is 10.2 Å². The number of hydrogen-bond acceptors (Lipinski definition) is 2. The van der Waals surface area contributed by atoms with Gasteiger partial charge in [-0.05, 0) is 25.2 Å². The first-order valence-corrected chi connectivity index (χ1v) is 6.94. The lowest BCUT2D eigenvalue weighted by Gasteiger charge is -2.33. The fourth-order valence-electron chi connectivity index (χ4n) is 2.69. The van der Waals surface area contributed by atoms with Crippen LogP contribution in [0.5, 0.6) is 0 Å². The van der Waals surface area contributed by atoms with Crippen LogP contribution in [0, 0.1) is 11.3 Å². The zero-order valence-electron chi connectivity index (χ0n) is 11.7. The fourth-order valence-corrected chi connectivity index (χ4v) is 2.69. The predicted octanol–water partition coefficient (Wildman–Crippen LogP) is 3.55. The van der Waals surface area contributed by atoms with Gasteiger partial charge in [-0.15, -0.1) is 0 Å². The topological polar surface area (TPSA) is 74.6 Å². The second-order valence-electron chi connectivity index (χ2n) is 4.96. The standard InChI is InChI=1S/C14H26O4/c1-4-7-9-11(8-5-2)14(10-6-3,12(15)16)13(17)18/h11H,4-10H2,1-3H3,(H,15,16)(H,17,18). The maximum atomic E-state index is 11.6. The largest absolute Gasteiger partial charge is 0.480 e. The summed E-state index contributed by atoms with van der Waals surface area (Å²) in [4.78, 5) is 23.1. The maximum absolute atomic E-state index is 11.6. The van der Waals surface area contributed by atoms with Gasteiger partial charge in [-0.25, -0.2) is 0 Å². The Kier molecular flexibility index (Phi) is 7.64. The van der Waals surface area contributed by atoms with E-state index in [1.54, 1.807) is 0 Å². The van der Waals surface area contributed by atoms with Crippen molar-refractivity contribution < 1.29 is 19.8 Å². The molecule has 0 aromatic heterocycles. The van der Waals surface area contributed by atoms with Crippen LogP contribution in [0.4, 0.5) is 0 Å². The molecule has 0 saturated heterocycles. The molecule has 0 rings (SSSR count). The Morgan fingerprint density at radius 2 is 1.50 bits per heavy atom. The monoisotopic (exact) mass is 258 g/mol. The van der Waals surface area contributed by atoms with E-state index in [9.17, 15) is 19.8 Å². The quantitative estimate of drug-likeness (QED) is 0.588. The zero-order chi connectivity index (χ0) is 14.2. The molecule has 0 aliphatic carbocycles. The van der Waals surface area contributed by atoms with E-state index in [-0.39, 0.29) is 12.3 Å². The van der Waals surface area contributed by atoms with Crippen LogP contribution in [0.3, 0.4) is 0 Å². The van der Waals surface area contributed by atoms with Crippen LogP contribution in [-0.2, 0) is 9.59 Å². The van der Waals surface area contributed by atoms with Gasteiger partial charge in [-0.1, -0.05) is 46.5 Å². The van der Waals surface area contributed by atoms with E-state index in [2.05, 4.69) is 0 Å². The molecule has 2 N–H and O–H groups in total. The molecule has 0 fully saturated rings. The molecule has 0 aromatic carbocycles. The first-order chi connectivity index (χ1) is 8.47. The van der Waals surface area contributed by atoms with E-state index < -0.39 is 17.4 Å². The van der Waals surface area contributed by atoms with Gasteiger partial charge in [0.05, 0.1) is 0 Å². The van der Waals surface area contributed by atoms with Gasteiger partial charge in [-0.3, -0.25) is 9.59 Å². The van der Waals surface area contributed by atoms with Crippen LogP contribution in [0.25, 0.3) is 0 Å². The van der Waals surface area contributed by atoms with Crippen molar-refractivity contribution in [3.05, 3.63) is 0 Å². The van der Waals surface area contributed by atoms with E-state index in [0.29, 0.717) is 19.3 Å². The number of rotatable bonds is 10. The second kappa shape index (κ2) is 8.11. The van der Waals surface area contributed by atoms with Crippen molar-refractivity contribution in [2.24, 2.45) is 11.3 Å². The minimum atomic E-state index is -1.60. The molecular weight excluding hydrogens is 232 g/mol. The molecule has 1 unspecified atom stereocenters. The van der Waals surface area contributed by atoms with Crippen molar-refractivity contribution in [2.75, 3.05) is 0 Å². The molecule has 0 spiro atoms. The molecular formula is C14H26O4. The lowest BCUT2D eigenvalue weighted by molar-refractivity contribution is -0.170. The van der Waals surface area contributed by atoms with Crippen molar-refractivity contribution in [2.45, 2.75) is 65.7 Å². The van der Waals surface area contributed by atoms with Crippen LogP contribution in [0.2, 0.25) is 0 Å². The summed E-state index contributed by atoms with van der Waals surface area (Å²) in [6, 6.07) is 0. The normalized spacial score (nSPS) is 13.3. The highest BCUT2D eigenvalue weighted by molar-refractivity contribution is 5.98. The minimum Gasteiger partial charge on any atom is -0.480 e. The highest BCUT2D eigenvalue weighted by Gasteiger charge is 2.51. The highest BCUT2D eigenvalue weighted by Crippen LogP contribution is 2.40. The number of aliphatic carboxylic acids is 2. The summed E-state index contributed by atoms with van der Waals surface area (Å²) in [6.45, 7) is 5.84. The van der Waals surface area contributed by atoms with Crippen LogP contribution in [0.1, 0.15) is 65.7 Å². The molecule has 0 radical (unpaired) electrons. The van der Waals surface area contributed by atoms with E-state index in [0.717, 1.165) is 19.3 Å². The molecule has 0 saturated carbocycles. The van der Waals surface area contributed by atoms with Crippen LogP contribution in [0.15, 0.2) is 0 Å². The fraction of sp³-hybridized carbons (Fsp3) is 0.857. The second-order valence-corrected chi connectivity index (χ2v) is 4.96. The lowest BCUT2D eigenvalue weighted by Crippen LogP contribution is -2.45. The smallest absolute Gasteiger partial charge is 0.321 e. The van der Waals surface area contributed by atoms with Gasteiger partial charge in [0.2, 0.25) is 0 Å². The van der Waals surface area contributed by atoms with Crippen molar-refractivity contribution in [1.29, 1.82) is 0 Å². The lowest BCUT2D eigenvalue weighted by atomic mass is 9.68. The van der Waals surface area contributed by atoms with Gasteiger partial charge in [0, 0.05) is 0 Å². The Bertz CT molecular complexity index is 259. The molecule has 4 heteroatoms. The Hall–Kier alpha value is -1.06. The Morgan fingerprint density at radius 1 is 0.944 bits per heavy atom. The van der Waals surface area contributed by atoms with Crippen LogP contribution in [-0.4, -0.2) is 22.2 Å². The molecule has 4 nitrogen and oxygen atoms in total. The third kappa shape index (κ3) is 3.72. The molecule has 0 aliphatic heterocycles. The van der Waals surface area contributed by atoms with Gasteiger partial charge >= 0.3 is 11.9 Å². The minimum absolute atomic E-state index is 0.214. The molecule has 0 aliphatic rings. The number of unbranched alkanes of at least 4 members (excludes halogenated alkanes) is 1.